The number of amides is 2. The van der Waals surface area contributed by atoms with E-state index in [1.165, 1.54) is 6.08 Å². The molecule has 124 valence electrons. The molecule has 2 amide bonds. The topological polar surface area (TPSA) is 49.4 Å². The average molecular weight is 322 g/mol. The lowest BCUT2D eigenvalue weighted by Crippen LogP contribution is -2.30. The summed E-state index contributed by atoms with van der Waals surface area (Å²) in [7, 11) is 1.81. The minimum absolute atomic E-state index is 0.00218. The van der Waals surface area contributed by atoms with Gasteiger partial charge in [0.05, 0.1) is 12.5 Å². The van der Waals surface area contributed by atoms with Gasteiger partial charge in [-0.25, -0.2) is 0 Å². The van der Waals surface area contributed by atoms with Gasteiger partial charge in [-0.2, -0.15) is 0 Å². The summed E-state index contributed by atoms with van der Waals surface area (Å²) in [6.07, 6.45) is 1.50. The van der Waals surface area contributed by atoms with Crippen LogP contribution in [0.15, 0.2) is 67.3 Å². The van der Waals surface area contributed by atoms with Gasteiger partial charge in [0.25, 0.3) is 0 Å². The number of likely N-dealkylation sites (N-methyl/N-ethyl adjacent to an activating group) is 1. The maximum Gasteiger partial charge on any atom is 0.247 e. The van der Waals surface area contributed by atoms with Crippen molar-refractivity contribution in [3.63, 3.8) is 0 Å². The third-order valence-electron chi connectivity index (χ3n) is 3.99. The molecular formula is C20H22N2O2. The van der Waals surface area contributed by atoms with E-state index in [9.17, 15) is 9.59 Å². The third kappa shape index (κ3) is 4.56. The Bertz CT molecular complexity index is 725. The van der Waals surface area contributed by atoms with E-state index in [0.717, 1.165) is 11.1 Å². The van der Waals surface area contributed by atoms with Crippen molar-refractivity contribution in [2.75, 3.05) is 12.4 Å². The van der Waals surface area contributed by atoms with Gasteiger partial charge in [-0.05, 0) is 36.3 Å². The van der Waals surface area contributed by atoms with Crippen LogP contribution in [0.4, 0.5) is 5.69 Å². The molecule has 4 nitrogen and oxygen atoms in total. The summed E-state index contributed by atoms with van der Waals surface area (Å²) in [6, 6.07) is 17.2. The summed E-state index contributed by atoms with van der Waals surface area (Å²) in [6.45, 7) is 5.43. The summed E-state index contributed by atoms with van der Waals surface area (Å²) in [5, 5.41) is 2.70. The van der Waals surface area contributed by atoms with Crippen LogP contribution in [0.2, 0.25) is 0 Å². The molecule has 1 N–H and O–H groups in total. The van der Waals surface area contributed by atoms with E-state index in [0.29, 0.717) is 5.69 Å². The lowest BCUT2D eigenvalue weighted by atomic mass is 10.1. The number of nitrogens with one attached hydrogen (secondary N) is 1. The van der Waals surface area contributed by atoms with Crippen LogP contribution < -0.4 is 5.32 Å². The Kier molecular flexibility index (Phi) is 5.90. The number of carbonyl (C=O) groups excluding carboxylic acids is 2. The van der Waals surface area contributed by atoms with Crippen LogP contribution in [0.5, 0.6) is 0 Å². The summed E-state index contributed by atoms with van der Waals surface area (Å²) >= 11 is 0. The monoisotopic (exact) mass is 322 g/mol. The van der Waals surface area contributed by atoms with Crippen LogP contribution >= 0.6 is 0 Å². The molecule has 1 atom stereocenters. The summed E-state index contributed by atoms with van der Waals surface area (Å²) in [4.78, 5) is 25.6. The number of hydrogen-bond acceptors (Lipinski definition) is 2. The first-order chi connectivity index (χ1) is 11.5. The van der Waals surface area contributed by atoms with Crippen molar-refractivity contribution in [2.45, 2.75) is 19.4 Å². The number of hydrogen-bond donors (Lipinski definition) is 1. The Morgan fingerprint density at radius 1 is 1.17 bits per heavy atom. The molecule has 0 aromatic heterocycles. The zero-order valence-corrected chi connectivity index (χ0v) is 14.0. The zero-order valence-electron chi connectivity index (χ0n) is 14.0. The van der Waals surface area contributed by atoms with Crippen molar-refractivity contribution in [3.05, 3.63) is 78.4 Å². The van der Waals surface area contributed by atoms with Crippen molar-refractivity contribution in [2.24, 2.45) is 0 Å². The first-order valence-corrected chi connectivity index (χ1v) is 7.84. The quantitative estimate of drug-likeness (QED) is 0.827. The fourth-order valence-corrected chi connectivity index (χ4v) is 2.42. The molecule has 24 heavy (non-hydrogen) atoms. The van der Waals surface area contributed by atoms with E-state index in [4.69, 9.17) is 0 Å². The van der Waals surface area contributed by atoms with Gasteiger partial charge in [0.2, 0.25) is 11.8 Å². The molecule has 0 aliphatic carbocycles. The van der Waals surface area contributed by atoms with E-state index in [1.54, 1.807) is 17.0 Å². The molecule has 2 rings (SSSR count). The molecule has 0 aliphatic rings. The first-order valence-electron chi connectivity index (χ1n) is 7.84. The number of rotatable bonds is 6. The van der Waals surface area contributed by atoms with E-state index >= 15 is 0 Å². The highest BCUT2D eigenvalue weighted by Crippen LogP contribution is 2.20. The molecule has 0 unspecified atom stereocenters. The zero-order chi connectivity index (χ0) is 17.5. The van der Waals surface area contributed by atoms with Crippen molar-refractivity contribution >= 4 is 17.5 Å². The highest BCUT2D eigenvalue weighted by Gasteiger charge is 2.17. The maximum atomic E-state index is 12.5. The summed E-state index contributed by atoms with van der Waals surface area (Å²) < 4.78 is 0. The Morgan fingerprint density at radius 2 is 1.88 bits per heavy atom. The van der Waals surface area contributed by atoms with Gasteiger partial charge in [0.15, 0.2) is 0 Å². The van der Waals surface area contributed by atoms with Crippen molar-refractivity contribution < 1.29 is 9.59 Å². The SMILES string of the molecule is C=CC(=O)Nc1cccc(CC(=O)N(C)[C@@H](C)c2ccccc2)c1. The lowest BCUT2D eigenvalue weighted by molar-refractivity contribution is -0.131. The van der Waals surface area contributed by atoms with Gasteiger partial charge in [0, 0.05) is 12.7 Å². The van der Waals surface area contributed by atoms with Gasteiger partial charge in [-0.15, -0.1) is 0 Å². The third-order valence-corrected chi connectivity index (χ3v) is 3.99. The number of benzene rings is 2. The van der Waals surface area contributed by atoms with E-state index in [2.05, 4.69) is 11.9 Å². The second-order valence-electron chi connectivity index (χ2n) is 5.66. The highest BCUT2D eigenvalue weighted by atomic mass is 16.2. The van der Waals surface area contributed by atoms with Gasteiger partial charge in [-0.1, -0.05) is 49.0 Å². The Balaban J connectivity index is 2.05. The minimum Gasteiger partial charge on any atom is -0.339 e. The minimum atomic E-state index is -0.270. The Hall–Kier alpha value is -2.88. The molecule has 0 radical (unpaired) electrons. The van der Waals surface area contributed by atoms with Crippen LogP contribution in [-0.4, -0.2) is 23.8 Å². The Labute approximate surface area is 142 Å². The number of nitrogens with zero attached hydrogens (tertiary/aromatic N) is 1. The smallest absolute Gasteiger partial charge is 0.247 e. The van der Waals surface area contributed by atoms with Crippen LogP contribution in [0.1, 0.15) is 24.1 Å². The normalized spacial score (nSPS) is 11.4. The van der Waals surface area contributed by atoms with Crippen LogP contribution in [-0.2, 0) is 16.0 Å². The summed E-state index contributed by atoms with van der Waals surface area (Å²) in [5.74, 6) is -0.244. The van der Waals surface area contributed by atoms with Crippen LogP contribution in [0, 0.1) is 0 Å². The molecule has 0 heterocycles. The van der Waals surface area contributed by atoms with Crippen LogP contribution in [0.3, 0.4) is 0 Å². The average Bonchev–Trinajstić information content (AvgIpc) is 2.61. The molecule has 4 heteroatoms. The van der Waals surface area contributed by atoms with E-state index in [1.807, 2.05) is 56.4 Å². The van der Waals surface area contributed by atoms with Gasteiger partial charge in [-0.3, -0.25) is 9.59 Å². The molecule has 2 aromatic rings. The standard InChI is InChI=1S/C20H22N2O2/c1-4-19(23)21-18-12-8-9-16(13-18)14-20(24)22(3)15(2)17-10-6-5-7-11-17/h4-13,15H,1,14H2,2-3H3,(H,21,23)/t15-/m0/s1. The van der Waals surface area contributed by atoms with Gasteiger partial charge >= 0.3 is 0 Å². The predicted octanol–water partition coefficient (Wildman–Crippen LogP) is 3.57. The maximum absolute atomic E-state index is 12.5. The molecule has 2 aromatic carbocycles. The van der Waals surface area contributed by atoms with Gasteiger partial charge in [0.1, 0.15) is 0 Å². The molecular weight excluding hydrogens is 300 g/mol. The van der Waals surface area contributed by atoms with E-state index in [-0.39, 0.29) is 24.3 Å². The van der Waals surface area contributed by atoms with Crippen molar-refractivity contribution in [1.82, 2.24) is 4.90 Å². The van der Waals surface area contributed by atoms with Crippen molar-refractivity contribution in [3.8, 4) is 0 Å². The molecule has 0 aliphatic heterocycles. The largest absolute Gasteiger partial charge is 0.339 e. The second-order valence-corrected chi connectivity index (χ2v) is 5.66. The molecule has 0 saturated carbocycles. The molecule has 0 saturated heterocycles. The van der Waals surface area contributed by atoms with Crippen LogP contribution in [0.25, 0.3) is 0 Å². The molecule has 0 spiro atoms. The summed E-state index contributed by atoms with van der Waals surface area (Å²) in [5.41, 5.74) is 2.61. The fourth-order valence-electron chi connectivity index (χ4n) is 2.42. The fraction of sp³-hybridized carbons (Fsp3) is 0.200. The first kappa shape index (κ1) is 17.5. The highest BCUT2D eigenvalue weighted by molar-refractivity contribution is 5.98. The van der Waals surface area contributed by atoms with Crippen molar-refractivity contribution in [1.29, 1.82) is 0 Å². The van der Waals surface area contributed by atoms with E-state index < -0.39 is 0 Å². The predicted molar refractivity (Wildman–Crippen MR) is 96.6 cm³/mol. The second kappa shape index (κ2) is 8.11. The van der Waals surface area contributed by atoms with Gasteiger partial charge < -0.3 is 10.2 Å². The number of carbonyl (C=O) groups is 2. The Morgan fingerprint density at radius 3 is 2.54 bits per heavy atom. The lowest BCUT2D eigenvalue weighted by Gasteiger charge is -2.25. The molecule has 0 fully saturated rings. The molecule has 0 bridgehead atoms. The number of anilines is 1.